The molecule has 0 bridgehead atoms. The number of isocyanates is 1. The minimum absolute atomic E-state index is 0.503. The molecule has 2 rings (SSSR count). The zero-order valence-electron chi connectivity index (χ0n) is 8.33. The highest BCUT2D eigenvalue weighted by Crippen LogP contribution is 2.27. The van der Waals surface area contributed by atoms with E-state index in [0.29, 0.717) is 5.69 Å². The Kier molecular flexibility index (Phi) is 3.27. The summed E-state index contributed by atoms with van der Waals surface area (Å²) < 4.78 is 0. The fraction of sp³-hybridized carbons (Fsp3) is 0.0833. The van der Waals surface area contributed by atoms with Crippen LogP contribution < -0.4 is 0 Å². The van der Waals surface area contributed by atoms with Crippen LogP contribution in [0.5, 0.6) is 0 Å². The van der Waals surface area contributed by atoms with Crippen molar-refractivity contribution in [2.45, 2.75) is 6.10 Å². The molecule has 0 aliphatic carbocycles. The number of rotatable bonds is 3. The van der Waals surface area contributed by atoms with E-state index in [9.17, 15) is 9.90 Å². The van der Waals surface area contributed by atoms with Gasteiger partial charge in [-0.25, -0.2) is 4.79 Å². The van der Waals surface area contributed by atoms with E-state index < -0.39 is 6.10 Å². The van der Waals surface area contributed by atoms with E-state index >= 15 is 0 Å². The van der Waals surface area contributed by atoms with Gasteiger partial charge >= 0.3 is 0 Å². The number of carbonyl (C=O) groups excluding carboxylic acids is 1. The Morgan fingerprint density at radius 2 is 2.19 bits per heavy atom. The van der Waals surface area contributed by atoms with Crippen LogP contribution in [0.2, 0.25) is 0 Å². The maximum absolute atomic E-state index is 10.1. The van der Waals surface area contributed by atoms with E-state index in [1.807, 2.05) is 17.5 Å². The zero-order chi connectivity index (χ0) is 11.4. The molecule has 0 spiro atoms. The van der Waals surface area contributed by atoms with Gasteiger partial charge in [-0.15, -0.1) is 11.3 Å². The van der Waals surface area contributed by atoms with Crippen LogP contribution in [-0.2, 0) is 4.79 Å². The van der Waals surface area contributed by atoms with Crippen LogP contribution in [0.4, 0.5) is 5.69 Å². The molecule has 16 heavy (non-hydrogen) atoms. The molecule has 0 aliphatic rings. The SMILES string of the molecule is O=C=Nc1cccc(C(O)c2cccs2)c1. The van der Waals surface area contributed by atoms with E-state index in [1.165, 1.54) is 17.4 Å². The minimum atomic E-state index is -0.665. The van der Waals surface area contributed by atoms with Gasteiger partial charge < -0.3 is 5.11 Å². The number of hydrogen-bond acceptors (Lipinski definition) is 4. The van der Waals surface area contributed by atoms with Gasteiger partial charge in [0.1, 0.15) is 6.10 Å². The number of benzene rings is 1. The van der Waals surface area contributed by atoms with E-state index in [-0.39, 0.29) is 0 Å². The topological polar surface area (TPSA) is 49.7 Å². The molecule has 1 atom stereocenters. The first-order valence-corrected chi connectivity index (χ1v) is 5.58. The van der Waals surface area contributed by atoms with Gasteiger partial charge in [0.2, 0.25) is 6.08 Å². The van der Waals surface area contributed by atoms with Gasteiger partial charge in [-0.2, -0.15) is 4.99 Å². The Hall–Kier alpha value is -1.74. The predicted octanol–water partition coefficient (Wildman–Crippen LogP) is 2.80. The number of aliphatic hydroxyl groups is 1. The first-order valence-electron chi connectivity index (χ1n) is 4.70. The number of thiophene rings is 1. The van der Waals surface area contributed by atoms with Crippen molar-refractivity contribution in [3.05, 3.63) is 52.2 Å². The number of nitrogens with zero attached hydrogens (tertiary/aromatic N) is 1. The van der Waals surface area contributed by atoms with Gasteiger partial charge in [0.05, 0.1) is 5.69 Å². The molecule has 0 fully saturated rings. The second kappa shape index (κ2) is 4.86. The normalized spacial score (nSPS) is 11.8. The maximum atomic E-state index is 10.1. The third kappa shape index (κ3) is 2.25. The lowest BCUT2D eigenvalue weighted by molar-refractivity contribution is 0.224. The molecule has 80 valence electrons. The van der Waals surface area contributed by atoms with Crippen LogP contribution in [0.1, 0.15) is 16.5 Å². The highest BCUT2D eigenvalue weighted by molar-refractivity contribution is 7.10. The van der Waals surface area contributed by atoms with Crippen molar-refractivity contribution in [1.82, 2.24) is 0 Å². The minimum Gasteiger partial charge on any atom is -0.383 e. The summed E-state index contributed by atoms with van der Waals surface area (Å²) in [5, 5.41) is 12.0. The van der Waals surface area contributed by atoms with E-state index in [4.69, 9.17) is 0 Å². The first-order chi connectivity index (χ1) is 7.81. The van der Waals surface area contributed by atoms with Gasteiger partial charge in [0.25, 0.3) is 0 Å². The fourth-order valence-corrected chi connectivity index (χ4v) is 2.16. The number of hydrogen-bond donors (Lipinski definition) is 1. The summed E-state index contributed by atoms with van der Waals surface area (Å²) in [5.41, 5.74) is 1.22. The van der Waals surface area contributed by atoms with Gasteiger partial charge in [0, 0.05) is 4.88 Å². The van der Waals surface area contributed by atoms with Crippen molar-refractivity contribution in [2.24, 2.45) is 4.99 Å². The second-order valence-electron chi connectivity index (χ2n) is 3.22. The number of aliphatic hydroxyl groups excluding tert-OH is 1. The summed E-state index contributed by atoms with van der Waals surface area (Å²) in [5.74, 6) is 0. The predicted molar refractivity (Wildman–Crippen MR) is 62.6 cm³/mol. The van der Waals surface area contributed by atoms with E-state index in [2.05, 4.69) is 4.99 Å². The molecule has 1 aromatic heterocycles. The number of aliphatic imine (C=N–C) groups is 1. The lowest BCUT2D eigenvalue weighted by atomic mass is 10.1. The van der Waals surface area contributed by atoms with Crippen molar-refractivity contribution < 1.29 is 9.90 Å². The van der Waals surface area contributed by atoms with Crippen LogP contribution in [0, 0.1) is 0 Å². The summed E-state index contributed by atoms with van der Waals surface area (Å²) in [6.07, 6.45) is 0.816. The smallest absolute Gasteiger partial charge is 0.240 e. The molecule has 3 nitrogen and oxygen atoms in total. The van der Waals surface area contributed by atoms with Crippen LogP contribution in [0.25, 0.3) is 0 Å². The highest BCUT2D eigenvalue weighted by atomic mass is 32.1. The van der Waals surface area contributed by atoms with Crippen molar-refractivity contribution in [3.8, 4) is 0 Å². The fourth-order valence-electron chi connectivity index (χ4n) is 1.43. The van der Waals surface area contributed by atoms with Crippen LogP contribution in [0.3, 0.4) is 0 Å². The Morgan fingerprint density at radius 3 is 2.88 bits per heavy atom. The molecule has 0 saturated heterocycles. The van der Waals surface area contributed by atoms with Crippen molar-refractivity contribution in [3.63, 3.8) is 0 Å². The molecule has 1 aromatic carbocycles. The van der Waals surface area contributed by atoms with Gasteiger partial charge in [-0.3, -0.25) is 0 Å². The molecule has 2 aromatic rings. The second-order valence-corrected chi connectivity index (χ2v) is 4.20. The summed E-state index contributed by atoms with van der Waals surface area (Å²) in [4.78, 5) is 14.5. The summed E-state index contributed by atoms with van der Waals surface area (Å²) in [6, 6.07) is 10.7. The third-order valence-corrected chi connectivity index (χ3v) is 3.10. The Labute approximate surface area is 96.7 Å². The lowest BCUT2D eigenvalue weighted by Crippen LogP contribution is -1.96. The first kappa shape index (κ1) is 10.8. The van der Waals surface area contributed by atoms with Gasteiger partial charge in [-0.05, 0) is 29.1 Å². The van der Waals surface area contributed by atoms with E-state index in [1.54, 1.807) is 24.3 Å². The maximum Gasteiger partial charge on any atom is 0.240 e. The molecule has 0 aliphatic heterocycles. The van der Waals surface area contributed by atoms with E-state index in [0.717, 1.165) is 10.4 Å². The molecular formula is C12H9NO2S. The molecule has 0 saturated carbocycles. The quantitative estimate of drug-likeness (QED) is 0.652. The van der Waals surface area contributed by atoms with Crippen molar-refractivity contribution in [1.29, 1.82) is 0 Å². The lowest BCUT2D eigenvalue weighted by Gasteiger charge is -2.08. The summed E-state index contributed by atoms with van der Waals surface area (Å²) in [6.45, 7) is 0. The average molecular weight is 231 g/mol. The summed E-state index contributed by atoms with van der Waals surface area (Å²) >= 11 is 1.49. The van der Waals surface area contributed by atoms with Crippen molar-refractivity contribution in [2.75, 3.05) is 0 Å². The Balaban J connectivity index is 2.33. The molecule has 1 unspecified atom stereocenters. The van der Waals surface area contributed by atoms with Crippen LogP contribution >= 0.6 is 11.3 Å². The average Bonchev–Trinajstić information content (AvgIpc) is 2.82. The Bertz CT molecular complexity index is 516. The monoisotopic (exact) mass is 231 g/mol. The van der Waals surface area contributed by atoms with Crippen molar-refractivity contribution >= 4 is 23.1 Å². The zero-order valence-corrected chi connectivity index (χ0v) is 9.15. The molecule has 1 N–H and O–H groups in total. The standard InChI is InChI=1S/C12H9NO2S/c14-8-13-10-4-1-3-9(7-10)12(15)11-5-2-6-16-11/h1-7,12,15H. The highest BCUT2D eigenvalue weighted by Gasteiger charge is 2.11. The molecule has 0 radical (unpaired) electrons. The third-order valence-electron chi connectivity index (χ3n) is 2.17. The van der Waals surface area contributed by atoms with Gasteiger partial charge in [0.15, 0.2) is 0 Å². The largest absolute Gasteiger partial charge is 0.383 e. The van der Waals surface area contributed by atoms with Crippen LogP contribution in [0.15, 0.2) is 46.8 Å². The van der Waals surface area contributed by atoms with Gasteiger partial charge in [-0.1, -0.05) is 18.2 Å². The summed E-state index contributed by atoms with van der Waals surface area (Å²) in [7, 11) is 0. The molecule has 1 heterocycles. The van der Waals surface area contributed by atoms with Crippen LogP contribution in [-0.4, -0.2) is 11.2 Å². The molecule has 4 heteroatoms. The molecular weight excluding hydrogens is 222 g/mol. The Morgan fingerprint density at radius 1 is 1.31 bits per heavy atom. The molecule has 0 amide bonds.